The molecule has 1 heterocycles. The second-order valence-corrected chi connectivity index (χ2v) is 4.28. The third-order valence-electron chi connectivity index (χ3n) is 1.77. The van der Waals surface area contributed by atoms with Crippen molar-refractivity contribution in [2.24, 2.45) is 0 Å². The van der Waals surface area contributed by atoms with Gasteiger partial charge in [0.1, 0.15) is 5.60 Å². The van der Waals surface area contributed by atoms with E-state index in [0.717, 1.165) is 4.90 Å². The van der Waals surface area contributed by atoms with Crippen molar-refractivity contribution in [3.8, 4) is 0 Å². The van der Waals surface area contributed by atoms with E-state index in [-0.39, 0.29) is 13.1 Å². The van der Waals surface area contributed by atoms with Gasteiger partial charge in [-0.15, -0.1) is 0 Å². The van der Waals surface area contributed by atoms with Crippen LogP contribution in [0.25, 0.3) is 0 Å². The van der Waals surface area contributed by atoms with Crippen LogP contribution in [-0.4, -0.2) is 54.1 Å². The van der Waals surface area contributed by atoms with E-state index in [9.17, 15) is 4.79 Å². The van der Waals surface area contributed by atoms with Gasteiger partial charge in [0.05, 0.1) is 2.74 Å². The van der Waals surface area contributed by atoms with Crippen molar-refractivity contribution < 1.29 is 16.4 Å². The number of rotatable bonds is 1. The minimum Gasteiger partial charge on any atom is -0.444 e. The molecule has 4 heteroatoms. The summed E-state index contributed by atoms with van der Waals surface area (Å²) in [6, 6.07) is 0. The van der Waals surface area contributed by atoms with E-state index in [1.807, 2.05) is 0 Å². The molecule has 4 nitrogen and oxygen atoms in total. The molecule has 88 valence electrons. The molecule has 1 aliphatic rings. The molecule has 15 heavy (non-hydrogen) atoms. The topological polar surface area (TPSA) is 32.8 Å². The number of likely N-dealkylation sites (N-methyl/N-ethyl adjacent to an activating group) is 1. The molecule has 1 unspecified atom stereocenters. The van der Waals surface area contributed by atoms with Crippen molar-refractivity contribution in [3.05, 3.63) is 0 Å². The average molecular weight is 219 g/mol. The Morgan fingerprint density at radius 2 is 2.13 bits per heavy atom. The number of amides is 1. The van der Waals surface area contributed by atoms with Gasteiger partial charge >= 0.3 is 6.09 Å². The summed E-state index contributed by atoms with van der Waals surface area (Å²) in [5.41, 5.74) is -0.806. The van der Waals surface area contributed by atoms with Crippen LogP contribution in [0.15, 0.2) is 0 Å². The summed E-state index contributed by atoms with van der Waals surface area (Å²) >= 11 is 0. The zero-order valence-electron chi connectivity index (χ0n) is 14.7. The van der Waals surface area contributed by atoms with E-state index in [4.69, 9.17) is 11.6 Å². The quantitative estimate of drug-likeness (QED) is 0.671. The zero-order chi connectivity index (χ0) is 15.9. The van der Waals surface area contributed by atoms with Gasteiger partial charge in [0.2, 0.25) is 0 Å². The first kappa shape index (κ1) is 6.74. The number of hydrogen-bond acceptors (Lipinski definition) is 3. The van der Waals surface area contributed by atoms with Crippen LogP contribution in [-0.2, 0) is 4.74 Å². The second kappa shape index (κ2) is 4.84. The monoisotopic (exact) mass is 219 g/mol. The van der Waals surface area contributed by atoms with Crippen LogP contribution in [0.2, 0.25) is 0 Å². The van der Waals surface area contributed by atoms with Gasteiger partial charge in [-0.3, -0.25) is 0 Å². The van der Waals surface area contributed by atoms with Crippen LogP contribution in [0.3, 0.4) is 0 Å². The lowest BCUT2D eigenvalue weighted by Crippen LogP contribution is -2.49. The van der Waals surface area contributed by atoms with Gasteiger partial charge in [-0.2, -0.15) is 0 Å². The lowest BCUT2D eigenvalue weighted by atomic mass is 10.2. The van der Waals surface area contributed by atoms with Crippen LogP contribution in [0.4, 0.5) is 4.79 Å². The maximum Gasteiger partial charge on any atom is 0.410 e. The van der Waals surface area contributed by atoms with Gasteiger partial charge in [0.25, 0.3) is 0 Å². The Hall–Kier alpha value is -0.770. The third kappa shape index (κ3) is 4.08. The maximum atomic E-state index is 12.1. The molecule has 0 bridgehead atoms. The Bertz CT molecular complexity index is 383. The van der Waals surface area contributed by atoms with Gasteiger partial charge in [-0.1, -0.05) is 6.92 Å². The number of ether oxygens (including phenoxy) is 1. The highest BCUT2D eigenvalue weighted by atomic mass is 16.6. The van der Waals surface area contributed by atoms with E-state index in [1.165, 1.54) is 0 Å². The van der Waals surface area contributed by atoms with Gasteiger partial charge in [0.15, 0.2) is 0 Å². The molecule has 0 radical (unpaired) electrons. The Labute approximate surface area is 99.2 Å². The molecular weight excluding hydrogens is 192 g/mol. The third-order valence-corrected chi connectivity index (χ3v) is 1.77. The molecule has 1 amide bonds. The van der Waals surface area contributed by atoms with Gasteiger partial charge < -0.3 is 14.5 Å². The molecule has 1 saturated heterocycles. The molecule has 0 aliphatic carbocycles. The molecular formula is C11H22N2O2. The fourth-order valence-corrected chi connectivity index (χ4v) is 1.04. The number of piperazine rings is 1. The number of carbonyl (C=O) groups excluding carboxylic acids is 1. The first-order valence-electron chi connectivity index (χ1n) is 7.62. The highest BCUT2D eigenvalue weighted by Crippen LogP contribution is 2.11. The molecule has 0 spiro atoms. The Morgan fingerprint density at radius 3 is 2.67 bits per heavy atom. The van der Waals surface area contributed by atoms with Crippen LogP contribution in [0.5, 0.6) is 0 Å². The predicted octanol–water partition coefficient (Wildman–Crippen LogP) is 1.56. The smallest absolute Gasteiger partial charge is 0.410 e. The summed E-state index contributed by atoms with van der Waals surface area (Å²) in [6.07, 6.45) is -0.945. The summed E-state index contributed by atoms with van der Waals surface area (Å²) < 4.78 is 44.7. The normalized spacial score (nSPS) is 35.6. The van der Waals surface area contributed by atoms with Crippen molar-refractivity contribution in [1.29, 1.82) is 0 Å². The standard InChI is InChI=1S/C11H22N2O2/c1-5-12-6-8-13(9-7-12)10(14)15-11(2,3)4/h5-9H2,1-4H3/i6D,7D2,9D2. The molecule has 1 aliphatic heterocycles. The highest BCUT2D eigenvalue weighted by molar-refractivity contribution is 5.68. The summed E-state index contributed by atoms with van der Waals surface area (Å²) in [5.74, 6) is 0. The summed E-state index contributed by atoms with van der Waals surface area (Å²) in [6.45, 7) is 0.482. The molecule has 0 aromatic heterocycles. The number of hydrogen-bond donors (Lipinski definition) is 0. The van der Waals surface area contributed by atoms with E-state index in [0.29, 0.717) is 4.90 Å². The number of nitrogens with zero attached hydrogens (tertiary/aromatic N) is 2. The lowest BCUT2D eigenvalue weighted by molar-refractivity contribution is 0.0149. The fraction of sp³-hybridized carbons (Fsp3) is 0.909. The SMILES string of the molecule is [2H]C1CN(C(=O)OC(C)(C)C)C([2H])([2H])C([2H])([2H])N1CC. The molecule has 0 N–H and O–H groups in total. The van der Waals surface area contributed by atoms with Crippen LogP contribution >= 0.6 is 0 Å². The first-order valence-corrected chi connectivity index (χ1v) is 5.04. The molecule has 0 aromatic carbocycles. The molecule has 0 aromatic rings. The molecule has 0 saturated carbocycles. The Morgan fingerprint density at radius 1 is 1.47 bits per heavy atom. The lowest BCUT2D eigenvalue weighted by Gasteiger charge is -2.35. The zero-order valence-corrected chi connectivity index (χ0v) is 9.70. The minimum atomic E-state index is -2.57. The Balaban J connectivity index is 3.08. The van der Waals surface area contributed by atoms with Crippen LogP contribution in [0.1, 0.15) is 34.5 Å². The average Bonchev–Trinajstić information content (AvgIpc) is 2.21. The molecule has 1 rings (SSSR count). The van der Waals surface area contributed by atoms with Gasteiger partial charge in [0, 0.05) is 30.2 Å². The summed E-state index contributed by atoms with van der Waals surface area (Å²) in [4.78, 5) is 13.8. The van der Waals surface area contributed by atoms with Crippen LogP contribution < -0.4 is 0 Å². The van der Waals surface area contributed by atoms with Crippen molar-refractivity contribution >= 4 is 6.09 Å². The van der Waals surface area contributed by atoms with Gasteiger partial charge in [-0.25, -0.2) is 4.79 Å². The van der Waals surface area contributed by atoms with Crippen molar-refractivity contribution in [2.75, 3.05) is 32.6 Å². The van der Waals surface area contributed by atoms with Crippen molar-refractivity contribution in [1.82, 2.24) is 9.80 Å². The summed E-state index contributed by atoms with van der Waals surface area (Å²) in [5, 5.41) is 0. The minimum absolute atomic E-state index is 0.183. The largest absolute Gasteiger partial charge is 0.444 e. The molecule has 1 atom stereocenters. The van der Waals surface area contributed by atoms with Crippen molar-refractivity contribution in [3.63, 3.8) is 0 Å². The first-order chi connectivity index (χ1) is 8.84. The van der Waals surface area contributed by atoms with Crippen molar-refractivity contribution in [2.45, 2.75) is 33.3 Å². The van der Waals surface area contributed by atoms with E-state index < -0.39 is 31.2 Å². The van der Waals surface area contributed by atoms with E-state index in [2.05, 4.69) is 0 Å². The summed E-state index contributed by atoms with van der Waals surface area (Å²) in [7, 11) is 0. The van der Waals surface area contributed by atoms with Gasteiger partial charge in [-0.05, 0) is 27.3 Å². The van der Waals surface area contributed by atoms with E-state index in [1.54, 1.807) is 27.7 Å². The molecule has 1 fully saturated rings. The second-order valence-electron chi connectivity index (χ2n) is 4.28. The predicted molar refractivity (Wildman–Crippen MR) is 59.9 cm³/mol. The van der Waals surface area contributed by atoms with Crippen LogP contribution in [0, 0.1) is 0 Å². The fourth-order valence-electron chi connectivity index (χ4n) is 1.04. The maximum absolute atomic E-state index is 12.1. The highest BCUT2D eigenvalue weighted by Gasteiger charge is 2.24. The van der Waals surface area contributed by atoms with E-state index >= 15 is 0 Å². The Kier molecular flexibility index (Phi) is 2.17. The number of carbonyl (C=O) groups is 1.